The lowest BCUT2D eigenvalue weighted by atomic mass is 9.96. The summed E-state index contributed by atoms with van der Waals surface area (Å²) in [5.41, 5.74) is 1.00. The van der Waals surface area contributed by atoms with Gasteiger partial charge in [-0.05, 0) is 30.0 Å². The van der Waals surface area contributed by atoms with Crippen LogP contribution in [0, 0.1) is 5.82 Å². The number of hydrogen-bond acceptors (Lipinski definition) is 1. The summed E-state index contributed by atoms with van der Waals surface area (Å²) < 4.78 is 12.7. The summed E-state index contributed by atoms with van der Waals surface area (Å²) in [5.74, 6) is -0.413. The van der Waals surface area contributed by atoms with Gasteiger partial charge in [-0.1, -0.05) is 26.3 Å². The van der Waals surface area contributed by atoms with E-state index in [1.54, 1.807) is 6.07 Å². The maximum absolute atomic E-state index is 12.7. The molecule has 1 N–H and O–H groups in total. The molecule has 1 aromatic rings. The number of hydrogen-bond donors (Lipinski definition) is 1. The van der Waals surface area contributed by atoms with Gasteiger partial charge in [0.2, 0.25) is 0 Å². The van der Waals surface area contributed by atoms with Crippen molar-refractivity contribution < 1.29 is 9.50 Å². The minimum absolute atomic E-state index is 0.250. The Kier molecular flexibility index (Phi) is 3.29. The molecule has 0 aliphatic carbocycles. The monoisotopic (exact) mass is 182 g/mol. The first-order valence-corrected chi connectivity index (χ1v) is 4.63. The summed E-state index contributed by atoms with van der Waals surface area (Å²) in [6.07, 6.45) is 2.16. The van der Waals surface area contributed by atoms with E-state index in [0.717, 1.165) is 18.4 Å². The van der Waals surface area contributed by atoms with Gasteiger partial charge in [0, 0.05) is 0 Å². The molecular weight excluding hydrogens is 167 g/mol. The molecular formula is C11H15FO. The molecule has 2 heteroatoms. The van der Waals surface area contributed by atoms with Crippen LogP contribution < -0.4 is 0 Å². The highest BCUT2D eigenvalue weighted by Gasteiger charge is 2.07. The molecule has 0 aromatic heterocycles. The molecule has 0 heterocycles. The van der Waals surface area contributed by atoms with Gasteiger partial charge in [0.25, 0.3) is 0 Å². The van der Waals surface area contributed by atoms with Gasteiger partial charge >= 0.3 is 0 Å². The average Bonchev–Trinajstić information content (AvgIpc) is 2.10. The second kappa shape index (κ2) is 4.26. The van der Waals surface area contributed by atoms with Crippen LogP contribution in [0.5, 0.6) is 5.75 Å². The summed E-state index contributed by atoms with van der Waals surface area (Å²) in [6.45, 7) is 4.19. The van der Waals surface area contributed by atoms with Gasteiger partial charge in [-0.25, -0.2) is 4.39 Å². The summed E-state index contributed by atoms with van der Waals surface area (Å²) in [5, 5.41) is 9.14. The van der Waals surface area contributed by atoms with Crippen molar-refractivity contribution in [3.63, 3.8) is 0 Å². The molecule has 0 saturated carbocycles. The van der Waals surface area contributed by atoms with Crippen LogP contribution in [-0.2, 0) is 0 Å². The van der Waals surface area contributed by atoms with Crippen LogP contribution in [0.1, 0.15) is 38.2 Å². The lowest BCUT2D eigenvalue weighted by Gasteiger charge is -2.10. The van der Waals surface area contributed by atoms with Crippen LogP contribution in [0.4, 0.5) is 4.39 Å². The maximum Gasteiger partial charge on any atom is 0.164 e. The van der Waals surface area contributed by atoms with E-state index < -0.39 is 5.82 Å². The fourth-order valence-corrected chi connectivity index (χ4v) is 1.44. The second-order valence-corrected chi connectivity index (χ2v) is 3.40. The highest BCUT2D eigenvalue weighted by molar-refractivity contribution is 5.30. The van der Waals surface area contributed by atoms with E-state index in [-0.39, 0.29) is 5.75 Å². The molecule has 72 valence electrons. The first-order valence-electron chi connectivity index (χ1n) is 4.63. The lowest BCUT2D eigenvalue weighted by Crippen LogP contribution is -1.93. The SMILES string of the molecule is CCCC(C)c1ccc(F)c(O)c1. The largest absolute Gasteiger partial charge is 0.505 e. The predicted octanol–water partition coefficient (Wildman–Crippen LogP) is 3.43. The zero-order valence-electron chi connectivity index (χ0n) is 8.05. The number of benzene rings is 1. The molecule has 0 saturated heterocycles. The Labute approximate surface area is 78.2 Å². The van der Waals surface area contributed by atoms with Crippen LogP contribution >= 0.6 is 0 Å². The summed E-state index contributed by atoms with van der Waals surface area (Å²) >= 11 is 0. The summed E-state index contributed by atoms with van der Waals surface area (Å²) in [4.78, 5) is 0. The molecule has 0 fully saturated rings. The number of rotatable bonds is 3. The molecule has 1 aromatic carbocycles. The smallest absolute Gasteiger partial charge is 0.164 e. The molecule has 0 aliphatic heterocycles. The topological polar surface area (TPSA) is 20.2 Å². The average molecular weight is 182 g/mol. The van der Waals surface area contributed by atoms with Crippen LogP contribution in [-0.4, -0.2) is 5.11 Å². The Morgan fingerprint density at radius 3 is 2.69 bits per heavy atom. The van der Waals surface area contributed by atoms with Crippen molar-refractivity contribution in [1.82, 2.24) is 0 Å². The predicted molar refractivity (Wildman–Crippen MR) is 51.4 cm³/mol. The highest BCUT2D eigenvalue weighted by atomic mass is 19.1. The van der Waals surface area contributed by atoms with E-state index in [1.807, 2.05) is 0 Å². The molecule has 1 rings (SSSR count). The van der Waals surface area contributed by atoms with Crippen molar-refractivity contribution in [3.05, 3.63) is 29.6 Å². The van der Waals surface area contributed by atoms with Gasteiger partial charge in [0.15, 0.2) is 11.6 Å². The number of halogens is 1. The first-order chi connectivity index (χ1) is 6.15. The van der Waals surface area contributed by atoms with E-state index in [2.05, 4.69) is 13.8 Å². The molecule has 0 aliphatic rings. The quantitative estimate of drug-likeness (QED) is 0.759. The van der Waals surface area contributed by atoms with Crippen molar-refractivity contribution in [3.8, 4) is 5.75 Å². The molecule has 0 spiro atoms. The van der Waals surface area contributed by atoms with Crippen molar-refractivity contribution in [2.45, 2.75) is 32.6 Å². The van der Waals surface area contributed by atoms with Gasteiger partial charge in [-0.15, -0.1) is 0 Å². The normalized spacial score (nSPS) is 12.8. The van der Waals surface area contributed by atoms with Crippen LogP contribution in [0.3, 0.4) is 0 Å². The van der Waals surface area contributed by atoms with Crippen molar-refractivity contribution in [1.29, 1.82) is 0 Å². The standard InChI is InChI=1S/C11H15FO/c1-3-4-8(2)9-5-6-10(12)11(13)7-9/h5-8,13H,3-4H2,1-2H3. The molecule has 1 atom stereocenters. The Bertz CT molecular complexity index is 283. The third kappa shape index (κ3) is 2.44. The van der Waals surface area contributed by atoms with E-state index in [1.165, 1.54) is 12.1 Å². The van der Waals surface area contributed by atoms with Crippen LogP contribution in [0.25, 0.3) is 0 Å². The Morgan fingerprint density at radius 1 is 1.46 bits per heavy atom. The maximum atomic E-state index is 12.7. The van der Waals surface area contributed by atoms with Gasteiger partial charge < -0.3 is 5.11 Å². The van der Waals surface area contributed by atoms with Gasteiger partial charge in [0.05, 0.1) is 0 Å². The number of aromatic hydroxyl groups is 1. The Morgan fingerprint density at radius 2 is 2.15 bits per heavy atom. The minimum Gasteiger partial charge on any atom is -0.505 e. The highest BCUT2D eigenvalue weighted by Crippen LogP contribution is 2.25. The van der Waals surface area contributed by atoms with E-state index in [0.29, 0.717) is 5.92 Å². The van der Waals surface area contributed by atoms with Gasteiger partial charge in [-0.2, -0.15) is 0 Å². The Balaban J connectivity index is 2.84. The fraction of sp³-hybridized carbons (Fsp3) is 0.455. The zero-order valence-corrected chi connectivity index (χ0v) is 8.05. The molecule has 1 nitrogen and oxygen atoms in total. The van der Waals surface area contributed by atoms with Gasteiger partial charge in [-0.3, -0.25) is 0 Å². The first kappa shape index (κ1) is 10.0. The minimum atomic E-state index is -0.549. The third-order valence-electron chi connectivity index (χ3n) is 2.26. The van der Waals surface area contributed by atoms with E-state index in [4.69, 9.17) is 5.11 Å². The molecule has 1 unspecified atom stereocenters. The summed E-state index contributed by atoms with van der Waals surface area (Å²) in [7, 11) is 0. The number of phenols is 1. The fourth-order valence-electron chi connectivity index (χ4n) is 1.44. The van der Waals surface area contributed by atoms with E-state index in [9.17, 15) is 4.39 Å². The number of phenolic OH excluding ortho intramolecular Hbond substituents is 1. The third-order valence-corrected chi connectivity index (χ3v) is 2.26. The van der Waals surface area contributed by atoms with Crippen LogP contribution in [0.2, 0.25) is 0 Å². The van der Waals surface area contributed by atoms with Crippen molar-refractivity contribution in [2.24, 2.45) is 0 Å². The molecule has 13 heavy (non-hydrogen) atoms. The molecule has 0 bridgehead atoms. The van der Waals surface area contributed by atoms with Crippen molar-refractivity contribution in [2.75, 3.05) is 0 Å². The molecule has 0 amide bonds. The zero-order chi connectivity index (χ0) is 9.84. The van der Waals surface area contributed by atoms with Crippen LogP contribution in [0.15, 0.2) is 18.2 Å². The molecule has 0 radical (unpaired) electrons. The van der Waals surface area contributed by atoms with Crippen molar-refractivity contribution >= 4 is 0 Å². The second-order valence-electron chi connectivity index (χ2n) is 3.40. The lowest BCUT2D eigenvalue weighted by molar-refractivity contribution is 0.430. The Hall–Kier alpha value is -1.05. The summed E-state index contributed by atoms with van der Waals surface area (Å²) in [6, 6.07) is 4.56. The van der Waals surface area contributed by atoms with Gasteiger partial charge in [0.1, 0.15) is 0 Å². The van der Waals surface area contributed by atoms with E-state index >= 15 is 0 Å².